The van der Waals surface area contributed by atoms with Gasteiger partial charge in [-0.2, -0.15) is 0 Å². The normalized spacial score (nSPS) is 11.8. The van der Waals surface area contributed by atoms with E-state index in [4.69, 9.17) is 13.9 Å². The van der Waals surface area contributed by atoms with Gasteiger partial charge in [0.15, 0.2) is 0 Å². The SMILES string of the molecule is CCCC(CCC)C(=O)Oc1cc(C(C)(C)CCCCCCO[N+](=O)[O-])cc2oc(=O)c3ccc(OC)cc3c12. The van der Waals surface area contributed by atoms with Gasteiger partial charge in [-0.3, -0.25) is 4.79 Å². The molecule has 1 heterocycles. The highest BCUT2D eigenvalue weighted by Crippen LogP contribution is 2.40. The van der Waals surface area contributed by atoms with Crippen LogP contribution in [0.15, 0.2) is 39.5 Å². The van der Waals surface area contributed by atoms with Crippen molar-refractivity contribution in [1.82, 2.24) is 0 Å². The van der Waals surface area contributed by atoms with E-state index >= 15 is 0 Å². The van der Waals surface area contributed by atoms with Crippen LogP contribution in [0.5, 0.6) is 11.5 Å². The summed E-state index contributed by atoms with van der Waals surface area (Å²) in [5.74, 6) is 0.470. The van der Waals surface area contributed by atoms with Crippen LogP contribution in [0.1, 0.15) is 91.0 Å². The molecule has 0 aliphatic carbocycles. The largest absolute Gasteiger partial charge is 0.497 e. The fourth-order valence-corrected chi connectivity index (χ4v) is 5.17. The highest BCUT2D eigenvalue weighted by Gasteiger charge is 2.26. The van der Waals surface area contributed by atoms with E-state index in [1.165, 1.54) is 0 Å². The van der Waals surface area contributed by atoms with E-state index in [1.54, 1.807) is 25.3 Å². The van der Waals surface area contributed by atoms with E-state index in [0.29, 0.717) is 39.7 Å². The molecule has 0 radical (unpaired) electrons. The Morgan fingerprint density at radius 3 is 2.38 bits per heavy atom. The number of hydrogen-bond acceptors (Lipinski definition) is 8. The van der Waals surface area contributed by atoms with Gasteiger partial charge in [-0.05, 0) is 67.0 Å². The van der Waals surface area contributed by atoms with Gasteiger partial charge in [0.25, 0.3) is 5.09 Å². The molecule has 1 aromatic heterocycles. The number of unbranched alkanes of at least 4 members (excludes halogenated alkanes) is 3. The van der Waals surface area contributed by atoms with Gasteiger partial charge in [-0.15, -0.1) is 10.1 Å². The summed E-state index contributed by atoms with van der Waals surface area (Å²) < 4.78 is 17.3. The van der Waals surface area contributed by atoms with Gasteiger partial charge in [0.1, 0.15) is 17.1 Å². The Labute approximate surface area is 234 Å². The molecule has 0 bridgehead atoms. The lowest BCUT2D eigenvalue weighted by atomic mass is 9.79. The number of benzene rings is 2. The van der Waals surface area contributed by atoms with Crippen molar-refractivity contribution in [2.45, 2.75) is 90.9 Å². The molecule has 9 nitrogen and oxygen atoms in total. The van der Waals surface area contributed by atoms with Gasteiger partial charge >= 0.3 is 11.6 Å². The standard InChI is InChI=1S/C31H41NO8/c1-6-12-21(13-7-2)29(33)39-26-18-22(31(3,4)16-10-8-9-11-17-38-32(35)36)19-27-28(26)25-20-23(37-5)14-15-24(25)30(34)40-27/h14-15,18-21H,6-13,16-17H2,1-5H3. The molecule has 40 heavy (non-hydrogen) atoms. The summed E-state index contributed by atoms with van der Waals surface area (Å²) in [4.78, 5) is 41.0. The van der Waals surface area contributed by atoms with E-state index in [9.17, 15) is 19.7 Å². The maximum absolute atomic E-state index is 13.4. The van der Waals surface area contributed by atoms with E-state index in [2.05, 4.69) is 32.5 Å². The molecule has 0 fully saturated rings. The molecule has 0 atom stereocenters. The number of nitrogens with zero attached hydrogens (tertiary/aromatic N) is 1. The third kappa shape index (κ3) is 7.73. The van der Waals surface area contributed by atoms with Crippen molar-refractivity contribution in [3.63, 3.8) is 0 Å². The first kappa shape index (κ1) is 30.9. The van der Waals surface area contributed by atoms with Crippen molar-refractivity contribution in [3.8, 4) is 11.5 Å². The number of methoxy groups -OCH3 is 1. The first-order valence-corrected chi connectivity index (χ1v) is 14.2. The summed E-state index contributed by atoms with van der Waals surface area (Å²) in [7, 11) is 1.56. The minimum absolute atomic E-state index is 0.102. The topological polar surface area (TPSA) is 118 Å². The molecule has 0 unspecified atom stereocenters. The van der Waals surface area contributed by atoms with Crippen LogP contribution in [0.4, 0.5) is 0 Å². The Hall–Kier alpha value is -3.62. The molecule has 0 aliphatic heterocycles. The number of esters is 1. The molecular weight excluding hydrogens is 514 g/mol. The molecule has 0 N–H and O–H groups in total. The fourth-order valence-electron chi connectivity index (χ4n) is 5.17. The summed E-state index contributed by atoms with van der Waals surface area (Å²) >= 11 is 0. The summed E-state index contributed by atoms with van der Waals surface area (Å²) in [6, 6.07) is 8.91. The third-order valence-corrected chi connectivity index (χ3v) is 7.48. The lowest BCUT2D eigenvalue weighted by Crippen LogP contribution is -2.22. The van der Waals surface area contributed by atoms with E-state index in [1.807, 2.05) is 12.1 Å². The molecule has 3 rings (SSSR count). The van der Waals surface area contributed by atoms with Crippen LogP contribution in [-0.4, -0.2) is 24.8 Å². The van der Waals surface area contributed by atoms with Crippen molar-refractivity contribution >= 4 is 27.7 Å². The van der Waals surface area contributed by atoms with Crippen molar-refractivity contribution in [1.29, 1.82) is 0 Å². The van der Waals surface area contributed by atoms with Crippen LogP contribution < -0.4 is 15.1 Å². The van der Waals surface area contributed by atoms with Crippen LogP contribution in [0.3, 0.4) is 0 Å². The first-order valence-electron chi connectivity index (χ1n) is 14.2. The number of carbonyl (C=O) groups excluding carboxylic acids is 1. The molecular formula is C31H41NO8. The Kier molecular flexibility index (Phi) is 10.9. The summed E-state index contributed by atoms with van der Waals surface area (Å²) in [6.45, 7) is 8.42. The van der Waals surface area contributed by atoms with Crippen LogP contribution in [0.2, 0.25) is 0 Å². The Bertz CT molecular complexity index is 1370. The lowest BCUT2D eigenvalue weighted by molar-refractivity contribution is -0.757. The highest BCUT2D eigenvalue weighted by molar-refractivity contribution is 6.09. The molecule has 9 heteroatoms. The average molecular weight is 556 g/mol. The van der Waals surface area contributed by atoms with E-state index in [0.717, 1.165) is 56.9 Å². The molecule has 0 amide bonds. The first-order chi connectivity index (χ1) is 19.1. The van der Waals surface area contributed by atoms with Crippen molar-refractivity contribution in [2.24, 2.45) is 5.92 Å². The van der Waals surface area contributed by atoms with E-state index < -0.39 is 10.7 Å². The summed E-state index contributed by atoms with van der Waals surface area (Å²) in [6.07, 6.45) is 7.29. The van der Waals surface area contributed by atoms with Crippen LogP contribution in [-0.2, 0) is 15.0 Å². The van der Waals surface area contributed by atoms with E-state index in [-0.39, 0.29) is 23.9 Å². The number of fused-ring (bicyclic) bond motifs is 3. The second-order valence-electron chi connectivity index (χ2n) is 10.9. The van der Waals surface area contributed by atoms with Gasteiger partial charge in [0.05, 0.1) is 30.4 Å². The molecule has 0 saturated heterocycles. The quantitative estimate of drug-likeness (QED) is 0.0339. The number of rotatable bonds is 16. The Balaban J connectivity index is 2.01. The van der Waals surface area contributed by atoms with Gasteiger partial charge in [-0.1, -0.05) is 59.8 Å². The van der Waals surface area contributed by atoms with Crippen LogP contribution in [0.25, 0.3) is 21.7 Å². The minimum Gasteiger partial charge on any atom is -0.497 e. The monoisotopic (exact) mass is 555 g/mol. The molecule has 2 aromatic carbocycles. The Morgan fingerprint density at radius 1 is 1.02 bits per heavy atom. The van der Waals surface area contributed by atoms with Crippen LogP contribution >= 0.6 is 0 Å². The zero-order valence-electron chi connectivity index (χ0n) is 24.2. The summed E-state index contributed by atoms with van der Waals surface area (Å²) in [5.41, 5.74) is 0.469. The maximum atomic E-state index is 13.4. The molecule has 0 saturated carbocycles. The summed E-state index contributed by atoms with van der Waals surface area (Å²) in [5, 5.41) is 11.1. The second-order valence-corrected chi connectivity index (χ2v) is 10.9. The highest BCUT2D eigenvalue weighted by atomic mass is 16.9. The van der Waals surface area contributed by atoms with Gasteiger partial charge in [0.2, 0.25) is 0 Å². The number of ether oxygens (including phenoxy) is 2. The minimum atomic E-state index is -0.766. The molecule has 3 aromatic rings. The van der Waals surface area contributed by atoms with Crippen molar-refractivity contribution < 1.29 is 28.6 Å². The molecule has 218 valence electrons. The second kappa shape index (κ2) is 14.1. The zero-order valence-corrected chi connectivity index (χ0v) is 24.2. The lowest BCUT2D eigenvalue weighted by Gasteiger charge is -2.27. The van der Waals surface area contributed by atoms with Crippen LogP contribution in [0, 0.1) is 16.0 Å². The van der Waals surface area contributed by atoms with Crippen molar-refractivity contribution in [3.05, 3.63) is 56.4 Å². The molecule has 0 aliphatic rings. The van der Waals surface area contributed by atoms with Gasteiger partial charge in [-0.25, -0.2) is 4.79 Å². The number of hydrogen-bond donors (Lipinski definition) is 0. The van der Waals surface area contributed by atoms with Crippen molar-refractivity contribution in [2.75, 3.05) is 13.7 Å². The number of carbonyl (C=O) groups is 1. The average Bonchev–Trinajstić information content (AvgIpc) is 2.91. The smallest absolute Gasteiger partial charge is 0.344 e. The van der Waals surface area contributed by atoms with Gasteiger partial charge in [0, 0.05) is 5.39 Å². The fraction of sp³-hybridized carbons (Fsp3) is 0.548. The maximum Gasteiger partial charge on any atom is 0.344 e. The zero-order chi connectivity index (χ0) is 29.3. The molecule has 0 spiro atoms. The predicted molar refractivity (Wildman–Crippen MR) is 155 cm³/mol. The third-order valence-electron chi connectivity index (χ3n) is 7.48. The predicted octanol–water partition coefficient (Wildman–Crippen LogP) is 7.51. The van der Waals surface area contributed by atoms with Gasteiger partial charge < -0.3 is 18.7 Å². The Morgan fingerprint density at radius 2 is 1.73 bits per heavy atom.